The van der Waals surface area contributed by atoms with Crippen molar-refractivity contribution in [1.82, 2.24) is 9.97 Å². The minimum Gasteiger partial charge on any atom is -0.397 e. The first-order valence-electron chi connectivity index (χ1n) is 9.25. The van der Waals surface area contributed by atoms with E-state index in [1.54, 1.807) is 19.5 Å². The number of carbonyl (C=O) groups is 1. The van der Waals surface area contributed by atoms with Gasteiger partial charge in [0.15, 0.2) is 0 Å². The molecule has 150 valence electrons. The topological polar surface area (TPSA) is 105 Å². The lowest BCUT2D eigenvalue weighted by atomic mass is 10.1. The number of nitrogens with two attached hydrogens (primary N) is 1. The maximum atomic E-state index is 12.2. The van der Waals surface area contributed by atoms with E-state index < -0.39 is 0 Å². The van der Waals surface area contributed by atoms with Crippen LogP contribution in [0.15, 0.2) is 64.2 Å². The van der Waals surface area contributed by atoms with E-state index in [-0.39, 0.29) is 12.3 Å². The standard InChI is InChI=1S/C22H19BrN6O/c1-25-12-17(23)20(24)13-5-4-6-15(9-13)27-22-26-11-14-10-19(30)28-18-8-3-2-7-16(18)21(14)29-22/h2-9,11-12H,10,24H2,1H3,(H,28,30)(H,26,27,29). The second-order valence-corrected chi connectivity index (χ2v) is 7.55. The van der Waals surface area contributed by atoms with Gasteiger partial charge in [-0.3, -0.25) is 9.79 Å². The summed E-state index contributed by atoms with van der Waals surface area (Å²) in [5.41, 5.74) is 11.5. The molecule has 0 radical (unpaired) electrons. The first-order valence-corrected chi connectivity index (χ1v) is 10.0. The monoisotopic (exact) mass is 462 g/mol. The number of allylic oxidation sites excluding steroid dienone is 1. The molecule has 1 aliphatic heterocycles. The normalized spacial score (nSPS) is 13.7. The molecule has 1 aliphatic rings. The van der Waals surface area contributed by atoms with Crippen molar-refractivity contribution in [2.45, 2.75) is 6.42 Å². The Balaban J connectivity index is 1.69. The van der Waals surface area contributed by atoms with E-state index in [0.29, 0.717) is 16.1 Å². The van der Waals surface area contributed by atoms with Crippen LogP contribution >= 0.6 is 15.9 Å². The molecule has 30 heavy (non-hydrogen) atoms. The van der Waals surface area contributed by atoms with Crippen LogP contribution in [0, 0.1) is 0 Å². The number of aromatic nitrogens is 2. The fourth-order valence-electron chi connectivity index (χ4n) is 3.21. The highest BCUT2D eigenvalue weighted by atomic mass is 79.9. The summed E-state index contributed by atoms with van der Waals surface area (Å²) in [4.78, 5) is 25.2. The molecule has 2 aromatic carbocycles. The number of carbonyl (C=O) groups excluding carboxylic acids is 1. The summed E-state index contributed by atoms with van der Waals surface area (Å²) in [6, 6.07) is 15.2. The van der Waals surface area contributed by atoms with Gasteiger partial charge in [-0.15, -0.1) is 0 Å². The Labute approximate surface area is 182 Å². The highest BCUT2D eigenvalue weighted by Crippen LogP contribution is 2.33. The minimum atomic E-state index is -0.0818. The number of halogens is 1. The lowest BCUT2D eigenvalue weighted by molar-refractivity contribution is -0.115. The zero-order valence-electron chi connectivity index (χ0n) is 16.2. The summed E-state index contributed by atoms with van der Waals surface area (Å²) in [7, 11) is 1.68. The predicted molar refractivity (Wildman–Crippen MR) is 124 cm³/mol. The fourth-order valence-corrected chi connectivity index (χ4v) is 3.64. The van der Waals surface area contributed by atoms with Gasteiger partial charge >= 0.3 is 0 Å². The third-order valence-electron chi connectivity index (χ3n) is 4.60. The van der Waals surface area contributed by atoms with Gasteiger partial charge in [-0.1, -0.05) is 30.3 Å². The van der Waals surface area contributed by atoms with Crippen molar-refractivity contribution in [2.75, 3.05) is 17.7 Å². The SMILES string of the molecule is CN=CC(Br)=C(N)c1cccc(Nc2ncc3c(n2)-c2ccccc2NC(=O)C3)c1. The Bertz CT molecular complexity index is 1190. The average Bonchev–Trinajstić information content (AvgIpc) is 2.89. The Morgan fingerprint density at radius 1 is 1.27 bits per heavy atom. The number of nitrogens with zero attached hydrogens (tertiary/aromatic N) is 3. The quantitative estimate of drug-likeness (QED) is 0.506. The molecule has 0 saturated heterocycles. The number of hydrogen-bond acceptors (Lipinski definition) is 6. The Morgan fingerprint density at radius 3 is 2.93 bits per heavy atom. The van der Waals surface area contributed by atoms with Crippen LogP contribution in [-0.4, -0.2) is 29.1 Å². The summed E-state index contributed by atoms with van der Waals surface area (Å²) < 4.78 is 0.706. The van der Waals surface area contributed by atoms with Crippen LogP contribution in [0.1, 0.15) is 11.1 Å². The number of rotatable bonds is 4. The summed E-state index contributed by atoms with van der Waals surface area (Å²) in [6.45, 7) is 0. The highest BCUT2D eigenvalue weighted by molar-refractivity contribution is 9.12. The average molecular weight is 463 g/mol. The summed E-state index contributed by atoms with van der Waals surface area (Å²) >= 11 is 3.43. The highest BCUT2D eigenvalue weighted by Gasteiger charge is 2.20. The third kappa shape index (κ3) is 4.08. The van der Waals surface area contributed by atoms with Gasteiger partial charge in [0.2, 0.25) is 11.9 Å². The number of nitrogens with one attached hydrogen (secondary N) is 2. The summed E-state index contributed by atoms with van der Waals surface area (Å²) in [5, 5.41) is 6.15. The first-order chi connectivity index (χ1) is 14.5. The first kappa shape index (κ1) is 19.8. The van der Waals surface area contributed by atoms with E-state index in [1.165, 1.54) is 0 Å². The number of fused-ring (bicyclic) bond motifs is 3. The molecule has 1 amide bonds. The lowest BCUT2D eigenvalue weighted by Gasteiger charge is -2.11. The number of anilines is 3. The van der Waals surface area contributed by atoms with Gasteiger partial charge in [0.1, 0.15) is 0 Å². The van der Waals surface area contributed by atoms with E-state index in [1.807, 2.05) is 48.5 Å². The van der Waals surface area contributed by atoms with Crippen molar-refractivity contribution in [1.29, 1.82) is 0 Å². The fraction of sp³-hybridized carbons (Fsp3) is 0.0909. The molecule has 0 fully saturated rings. The van der Waals surface area contributed by atoms with Gasteiger partial charge in [0.25, 0.3) is 0 Å². The maximum absolute atomic E-state index is 12.2. The van der Waals surface area contributed by atoms with E-state index in [4.69, 9.17) is 10.7 Å². The van der Waals surface area contributed by atoms with Crippen molar-refractivity contribution in [2.24, 2.45) is 10.7 Å². The third-order valence-corrected chi connectivity index (χ3v) is 5.23. The molecule has 1 aromatic heterocycles. The van der Waals surface area contributed by atoms with Gasteiger partial charge in [0.05, 0.1) is 28.0 Å². The number of para-hydroxylation sites is 1. The summed E-state index contributed by atoms with van der Waals surface area (Å²) in [5.74, 6) is 0.355. The van der Waals surface area contributed by atoms with Gasteiger partial charge in [-0.2, -0.15) is 0 Å². The molecule has 0 spiro atoms. The van der Waals surface area contributed by atoms with Gasteiger partial charge in [-0.25, -0.2) is 9.97 Å². The van der Waals surface area contributed by atoms with Crippen molar-refractivity contribution in [3.05, 3.63) is 70.3 Å². The van der Waals surface area contributed by atoms with Crippen molar-refractivity contribution in [3.8, 4) is 11.3 Å². The second kappa shape index (κ2) is 8.46. The van der Waals surface area contributed by atoms with Gasteiger partial charge in [0, 0.05) is 41.8 Å². The predicted octanol–water partition coefficient (Wildman–Crippen LogP) is 4.10. The van der Waals surface area contributed by atoms with E-state index >= 15 is 0 Å². The zero-order chi connectivity index (χ0) is 21.1. The Kier molecular flexibility index (Phi) is 5.58. The number of benzene rings is 2. The van der Waals surface area contributed by atoms with Crippen LogP contribution in [0.4, 0.5) is 17.3 Å². The molecule has 0 unspecified atom stereocenters. The van der Waals surface area contributed by atoms with Crippen LogP contribution in [0.5, 0.6) is 0 Å². The van der Waals surface area contributed by atoms with E-state index in [9.17, 15) is 4.79 Å². The van der Waals surface area contributed by atoms with Crippen LogP contribution in [0.3, 0.4) is 0 Å². The van der Waals surface area contributed by atoms with Crippen molar-refractivity contribution >= 4 is 51.1 Å². The van der Waals surface area contributed by atoms with Gasteiger partial charge < -0.3 is 16.4 Å². The molecule has 8 heteroatoms. The zero-order valence-corrected chi connectivity index (χ0v) is 17.8. The van der Waals surface area contributed by atoms with Crippen LogP contribution < -0.4 is 16.4 Å². The molecule has 0 aliphatic carbocycles. The van der Waals surface area contributed by atoms with Crippen LogP contribution in [-0.2, 0) is 11.2 Å². The molecule has 3 aromatic rings. The molecular formula is C22H19BrN6O. The van der Waals surface area contributed by atoms with E-state index in [0.717, 1.165) is 33.8 Å². The Hall–Kier alpha value is -3.52. The number of aliphatic imine (C=N–C) groups is 1. The molecule has 0 bridgehead atoms. The lowest BCUT2D eigenvalue weighted by Crippen LogP contribution is -2.12. The molecule has 7 nitrogen and oxygen atoms in total. The van der Waals surface area contributed by atoms with Gasteiger partial charge in [-0.05, 0) is 34.1 Å². The smallest absolute Gasteiger partial charge is 0.228 e. The van der Waals surface area contributed by atoms with Crippen LogP contribution in [0.2, 0.25) is 0 Å². The van der Waals surface area contributed by atoms with Crippen molar-refractivity contribution < 1.29 is 4.79 Å². The van der Waals surface area contributed by atoms with Crippen LogP contribution in [0.25, 0.3) is 17.0 Å². The number of amides is 1. The minimum absolute atomic E-state index is 0.0818. The summed E-state index contributed by atoms with van der Waals surface area (Å²) in [6.07, 6.45) is 3.57. The molecule has 0 atom stereocenters. The largest absolute Gasteiger partial charge is 0.397 e. The maximum Gasteiger partial charge on any atom is 0.228 e. The number of hydrogen-bond donors (Lipinski definition) is 3. The molecule has 0 saturated carbocycles. The molecule has 4 N–H and O–H groups in total. The molecule has 2 heterocycles. The molecule has 4 rings (SSSR count). The van der Waals surface area contributed by atoms with E-state index in [2.05, 4.69) is 36.5 Å². The second-order valence-electron chi connectivity index (χ2n) is 6.69. The van der Waals surface area contributed by atoms with Crippen molar-refractivity contribution in [3.63, 3.8) is 0 Å². The Morgan fingerprint density at radius 2 is 2.10 bits per heavy atom. The molecular weight excluding hydrogens is 444 g/mol.